The van der Waals surface area contributed by atoms with Crippen molar-refractivity contribution in [3.8, 4) is 0 Å². The lowest BCUT2D eigenvalue weighted by molar-refractivity contribution is -0.192. The maximum Gasteiger partial charge on any atom is 0.490 e. The van der Waals surface area contributed by atoms with E-state index in [1.54, 1.807) is 11.6 Å². The first-order chi connectivity index (χ1) is 17.8. The number of rotatable bonds is 7. The third kappa shape index (κ3) is 7.72. The monoisotopic (exact) mass is 574 g/mol. The van der Waals surface area contributed by atoms with Crippen LogP contribution < -0.4 is 10.0 Å². The Hall–Kier alpha value is -3.07. The fourth-order valence-electron chi connectivity index (χ4n) is 4.12. The van der Waals surface area contributed by atoms with E-state index in [2.05, 4.69) is 26.9 Å². The van der Waals surface area contributed by atoms with Crippen LogP contribution in [0.5, 0.6) is 0 Å². The van der Waals surface area contributed by atoms with E-state index in [4.69, 9.17) is 15.0 Å². The van der Waals surface area contributed by atoms with Gasteiger partial charge in [0.1, 0.15) is 10.7 Å². The van der Waals surface area contributed by atoms with Crippen LogP contribution in [0, 0.1) is 5.82 Å². The fraction of sp³-hybridized carbons (Fsp3) is 0.333. The highest BCUT2D eigenvalue weighted by Gasteiger charge is 2.38. The van der Waals surface area contributed by atoms with Gasteiger partial charge in [0, 0.05) is 55.8 Å². The molecule has 3 aromatic rings. The number of aliphatic carboxylic acids is 1. The number of carbonyl (C=O) groups is 1. The van der Waals surface area contributed by atoms with Gasteiger partial charge in [-0.2, -0.15) is 13.2 Å². The van der Waals surface area contributed by atoms with E-state index in [9.17, 15) is 21.6 Å². The van der Waals surface area contributed by atoms with Crippen molar-refractivity contribution in [3.05, 3.63) is 76.0 Å². The summed E-state index contributed by atoms with van der Waals surface area (Å²) < 4.78 is 70.8. The summed E-state index contributed by atoms with van der Waals surface area (Å²) in [5.41, 5.74) is 4.62. The summed E-state index contributed by atoms with van der Waals surface area (Å²) in [7, 11) is -2.22. The SMILES string of the molecule is CN(c1ccc(S(N)(=O)=O)c(F)c1Cc1cscn1)[C@H]1CCN(Cc2ccccc2)C1.O=C(O)C(F)(F)F. The number of likely N-dealkylation sites (tertiary alicyclic amines) is 1. The number of anilines is 1. The Labute approximate surface area is 221 Å². The predicted molar refractivity (Wildman–Crippen MR) is 135 cm³/mol. The molecule has 1 saturated heterocycles. The second-order valence-electron chi connectivity index (χ2n) is 8.65. The van der Waals surface area contributed by atoms with Crippen molar-refractivity contribution in [2.24, 2.45) is 5.14 Å². The molecule has 4 rings (SSSR count). The first-order valence-electron chi connectivity index (χ1n) is 11.3. The van der Waals surface area contributed by atoms with Gasteiger partial charge in [0.25, 0.3) is 0 Å². The Bertz CT molecular complexity index is 1340. The molecule has 38 heavy (non-hydrogen) atoms. The Morgan fingerprint density at radius 3 is 2.45 bits per heavy atom. The molecular weight excluding hydrogens is 548 g/mol. The maximum atomic E-state index is 15.3. The van der Waals surface area contributed by atoms with Gasteiger partial charge in [-0.25, -0.2) is 27.7 Å². The van der Waals surface area contributed by atoms with Crippen LogP contribution in [0.3, 0.4) is 0 Å². The lowest BCUT2D eigenvalue weighted by Gasteiger charge is -2.29. The number of carboxylic acid groups (broad SMARTS) is 1. The molecule has 0 saturated carbocycles. The second kappa shape index (κ2) is 12.2. The van der Waals surface area contributed by atoms with Crippen molar-refractivity contribution in [1.29, 1.82) is 0 Å². The van der Waals surface area contributed by atoms with E-state index in [0.29, 0.717) is 16.9 Å². The molecule has 0 unspecified atom stereocenters. The van der Waals surface area contributed by atoms with Gasteiger partial charge in [-0.3, -0.25) is 4.90 Å². The van der Waals surface area contributed by atoms with Crippen molar-refractivity contribution < 1.29 is 35.9 Å². The molecule has 1 aliphatic rings. The van der Waals surface area contributed by atoms with Crippen LogP contribution in [-0.4, -0.2) is 61.7 Å². The minimum absolute atomic E-state index is 0.192. The number of carboxylic acids is 1. The number of likely N-dealkylation sites (N-methyl/N-ethyl adjacent to an activating group) is 1. The van der Waals surface area contributed by atoms with Gasteiger partial charge in [-0.15, -0.1) is 11.3 Å². The van der Waals surface area contributed by atoms with Gasteiger partial charge < -0.3 is 10.0 Å². The third-order valence-electron chi connectivity index (χ3n) is 6.00. The summed E-state index contributed by atoms with van der Waals surface area (Å²) in [6, 6.07) is 13.4. The Morgan fingerprint density at radius 2 is 1.89 bits per heavy atom. The van der Waals surface area contributed by atoms with Crippen LogP contribution in [0.25, 0.3) is 0 Å². The largest absolute Gasteiger partial charge is 0.490 e. The fourth-order valence-corrected chi connectivity index (χ4v) is 5.31. The number of halogens is 4. The molecule has 0 bridgehead atoms. The number of aromatic nitrogens is 1. The van der Waals surface area contributed by atoms with Crippen LogP contribution in [0.15, 0.2) is 58.3 Å². The predicted octanol–water partition coefficient (Wildman–Crippen LogP) is 3.86. The normalized spacial score (nSPS) is 16.1. The zero-order valence-corrected chi connectivity index (χ0v) is 21.9. The molecule has 0 radical (unpaired) electrons. The van der Waals surface area contributed by atoms with Gasteiger partial charge >= 0.3 is 12.1 Å². The van der Waals surface area contributed by atoms with Gasteiger partial charge in [0.05, 0.1) is 11.2 Å². The number of sulfonamides is 1. The highest BCUT2D eigenvalue weighted by Crippen LogP contribution is 2.32. The molecule has 1 atom stereocenters. The van der Waals surface area contributed by atoms with Crippen molar-refractivity contribution in [2.75, 3.05) is 25.0 Å². The van der Waals surface area contributed by atoms with E-state index in [1.807, 2.05) is 30.6 Å². The summed E-state index contributed by atoms with van der Waals surface area (Å²) in [5, 5.41) is 14.2. The van der Waals surface area contributed by atoms with Crippen LogP contribution in [0.4, 0.5) is 23.2 Å². The van der Waals surface area contributed by atoms with Crippen LogP contribution in [0.2, 0.25) is 0 Å². The number of thiazole rings is 1. The number of hydrogen-bond donors (Lipinski definition) is 2. The topological polar surface area (TPSA) is 117 Å². The van der Waals surface area contributed by atoms with Crippen molar-refractivity contribution in [1.82, 2.24) is 9.88 Å². The first kappa shape index (κ1) is 29.5. The summed E-state index contributed by atoms with van der Waals surface area (Å²) in [5.74, 6) is -3.55. The molecule has 206 valence electrons. The van der Waals surface area contributed by atoms with Gasteiger partial charge in [0.2, 0.25) is 10.0 Å². The van der Waals surface area contributed by atoms with E-state index >= 15 is 4.39 Å². The quantitative estimate of drug-likeness (QED) is 0.412. The second-order valence-corrected chi connectivity index (χ2v) is 10.9. The van der Waals surface area contributed by atoms with Gasteiger partial charge in [0.15, 0.2) is 0 Å². The number of benzene rings is 2. The first-order valence-corrected chi connectivity index (χ1v) is 13.8. The smallest absolute Gasteiger partial charge is 0.475 e. The van der Waals surface area contributed by atoms with Crippen LogP contribution in [-0.2, 0) is 27.8 Å². The van der Waals surface area contributed by atoms with E-state index in [-0.39, 0.29) is 12.5 Å². The van der Waals surface area contributed by atoms with Crippen LogP contribution in [0.1, 0.15) is 23.2 Å². The Balaban J connectivity index is 0.000000505. The molecule has 2 heterocycles. The molecule has 1 fully saturated rings. The number of nitrogens with two attached hydrogens (primary N) is 1. The standard InChI is InChI=1S/C22H25FN4O2S2.C2HF3O2/c1-26(18-9-10-27(13-18)12-16-5-3-2-4-6-16)20-7-8-21(31(24,28)29)22(23)19(20)11-17-14-30-15-25-17;3-2(4,5)1(6)7/h2-8,14-15,18H,9-13H2,1H3,(H2,24,28,29);(H,6,7)/t18-;/m0./s1. The minimum atomic E-state index is -5.08. The zero-order chi connectivity index (χ0) is 28.1. The summed E-state index contributed by atoms with van der Waals surface area (Å²) in [6.07, 6.45) is -3.93. The average Bonchev–Trinajstić information content (AvgIpc) is 3.52. The molecule has 8 nitrogen and oxygen atoms in total. The zero-order valence-electron chi connectivity index (χ0n) is 20.2. The molecule has 0 aliphatic carbocycles. The molecular formula is C24H26F4N4O4S2. The molecule has 1 aliphatic heterocycles. The van der Waals surface area contributed by atoms with Crippen LogP contribution >= 0.6 is 11.3 Å². The van der Waals surface area contributed by atoms with Gasteiger partial charge in [-0.1, -0.05) is 30.3 Å². The summed E-state index contributed by atoms with van der Waals surface area (Å²) >= 11 is 1.42. The Morgan fingerprint density at radius 1 is 1.24 bits per heavy atom. The van der Waals surface area contributed by atoms with Crippen molar-refractivity contribution in [2.45, 2.75) is 36.5 Å². The maximum absolute atomic E-state index is 15.3. The lowest BCUT2D eigenvalue weighted by atomic mass is 10.0. The minimum Gasteiger partial charge on any atom is -0.475 e. The number of alkyl halides is 3. The Kier molecular flexibility index (Phi) is 9.46. The molecule has 0 spiro atoms. The van der Waals surface area contributed by atoms with Crippen molar-refractivity contribution in [3.63, 3.8) is 0 Å². The van der Waals surface area contributed by atoms with E-state index in [1.165, 1.54) is 23.0 Å². The summed E-state index contributed by atoms with van der Waals surface area (Å²) in [4.78, 5) is 17.1. The number of nitrogens with zero attached hydrogens (tertiary/aromatic N) is 3. The van der Waals surface area contributed by atoms with E-state index in [0.717, 1.165) is 26.1 Å². The molecule has 1 aromatic heterocycles. The molecule has 0 amide bonds. The average molecular weight is 575 g/mol. The lowest BCUT2D eigenvalue weighted by Crippen LogP contribution is -2.35. The summed E-state index contributed by atoms with van der Waals surface area (Å²) in [6.45, 7) is 2.67. The highest BCUT2D eigenvalue weighted by atomic mass is 32.2. The highest BCUT2D eigenvalue weighted by molar-refractivity contribution is 7.89. The third-order valence-corrected chi connectivity index (χ3v) is 7.56. The molecule has 3 N–H and O–H groups in total. The number of primary sulfonamides is 1. The van der Waals surface area contributed by atoms with Crippen molar-refractivity contribution >= 4 is 33.0 Å². The molecule has 2 aromatic carbocycles. The molecule has 14 heteroatoms. The van der Waals surface area contributed by atoms with E-state index < -0.39 is 32.9 Å². The number of hydrogen-bond acceptors (Lipinski definition) is 7. The van der Waals surface area contributed by atoms with Gasteiger partial charge in [-0.05, 0) is 24.1 Å².